The molecule has 6 rings (SSSR count). The van der Waals surface area contributed by atoms with E-state index < -0.39 is 15.7 Å². The van der Waals surface area contributed by atoms with Gasteiger partial charge in [0, 0.05) is 42.5 Å². The van der Waals surface area contributed by atoms with Crippen LogP contribution in [0.2, 0.25) is 0 Å². The van der Waals surface area contributed by atoms with Gasteiger partial charge in [-0.1, -0.05) is 19.3 Å². The van der Waals surface area contributed by atoms with Crippen LogP contribution in [0, 0.1) is 23.2 Å². The highest BCUT2D eigenvalue weighted by molar-refractivity contribution is 7.87. The molecule has 1 unspecified atom stereocenters. The predicted octanol–water partition coefficient (Wildman–Crippen LogP) is 2.94. The third-order valence-corrected chi connectivity index (χ3v) is 9.80. The van der Waals surface area contributed by atoms with E-state index in [0.717, 1.165) is 60.8 Å². The van der Waals surface area contributed by atoms with Crippen molar-refractivity contribution in [3.8, 4) is 17.3 Å². The maximum atomic E-state index is 13.1. The van der Waals surface area contributed by atoms with Crippen LogP contribution >= 0.6 is 0 Å². The number of nitriles is 1. The summed E-state index contributed by atoms with van der Waals surface area (Å²) in [5.41, 5.74) is 2.03. The molecule has 1 aliphatic heterocycles. The van der Waals surface area contributed by atoms with E-state index in [1.54, 1.807) is 10.5 Å². The van der Waals surface area contributed by atoms with Crippen LogP contribution in [0.25, 0.3) is 22.3 Å². The monoisotopic (exact) mass is 494 g/mol. The van der Waals surface area contributed by atoms with Gasteiger partial charge in [-0.05, 0) is 43.6 Å². The van der Waals surface area contributed by atoms with Crippen LogP contribution in [0.4, 0.5) is 0 Å². The Labute approximate surface area is 204 Å². The zero-order valence-electron chi connectivity index (χ0n) is 19.6. The van der Waals surface area contributed by atoms with Gasteiger partial charge in [-0.25, -0.2) is 9.97 Å². The fourth-order valence-electron chi connectivity index (χ4n) is 6.49. The topological polar surface area (TPSA) is 133 Å². The summed E-state index contributed by atoms with van der Waals surface area (Å²) in [6.07, 6.45) is 14.2. The fourth-order valence-corrected chi connectivity index (χ4v) is 8.07. The standard InChI is InChI=1S/C24H30N8O2S/c25-8-7-24(32-15-19(12-29-32)22-21-6-9-26-23(21)28-16-27-22)10-17-13-31(14-18(17)11-24)35(33,34)30-20-4-2-1-3-5-20/h6,9,12,15-18,20,30H,1-5,7,10-11,13-14H2,(H,26,27,28)/t17-,18+,24?. The first-order valence-electron chi connectivity index (χ1n) is 12.5. The summed E-state index contributed by atoms with van der Waals surface area (Å²) < 4.78 is 32.6. The van der Waals surface area contributed by atoms with Crippen molar-refractivity contribution in [3.05, 3.63) is 31.0 Å². The summed E-state index contributed by atoms with van der Waals surface area (Å²) >= 11 is 0. The van der Waals surface area contributed by atoms with Gasteiger partial charge >= 0.3 is 0 Å². The number of H-pyrrole nitrogens is 1. The molecule has 0 aromatic carbocycles. The first-order valence-corrected chi connectivity index (χ1v) is 13.9. The van der Waals surface area contributed by atoms with Crippen molar-refractivity contribution in [2.45, 2.75) is 62.9 Å². The lowest BCUT2D eigenvalue weighted by Crippen LogP contribution is -2.46. The first-order chi connectivity index (χ1) is 17.0. The largest absolute Gasteiger partial charge is 0.346 e. The van der Waals surface area contributed by atoms with Gasteiger partial charge in [-0.3, -0.25) is 4.68 Å². The van der Waals surface area contributed by atoms with Crippen LogP contribution < -0.4 is 4.72 Å². The van der Waals surface area contributed by atoms with E-state index in [4.69, 9.17) is 0 Å². The second-order valence-electron chi connectivity index (χ2n) is 10.4. The Morgan fingerprint density at radius 1 is 1.17 bits per heavy atom. The SMILES string of the molecule is N#CCC1(n2cc(-c3ncnc4[nH]ccc34)cn2)C[C@H]2CN(S(=O)(=O)NC3CCCCC3)C[C@H]2C1. The molecule has 10 nitrogen and oxygen atoms in total. The molecule has 0 radical (unpaired) electrons. The quantitative estimate of drug-likeness (QED) is 0.541. The third-order valence-electron chi connectivity index (χ3n) is 8.19. The summed E-state index contributed by atoms with van der Waals surface area (Å²) in [4.78, 5) is 11.8. The zero-order chi connectivity index (χ0) is 24.0. The number of nitrogens with one attached hydrogen (secondary N) is 2. The van der Waals surface area contributed by atoms with Crippen molar-refractivity contribution in [1.82, 2.24) is 33.8 Å². The minimum absolute atomic E-state index is 0.0580. The molecule has 2 aliphatic carbocycles. The molecule has 3 fully saturated rings. The number of nitrogens with zero attached hydrogens (tertiary/aromatic N) is 6. The average molecular weight is 495 g/mol. The molecule has 3 atom stereocenters. The van der Waals surface area contributed by atoms with Gasteiger partial charge in [-0.2, -0.15) is 27.8 Å². The second-order valence-corrected chi connectivity index (χ2v) is 12.1. The summed E-state index contributed by atoms with van der Waals surface area (Å²) in [5.74, 6) is 0.434. The third kappa shape index (κ3) is 4.03. The molecule has 3 aromatic heterocycles. The van der Waals surface area contributed by atoms with Crippen LogP contribution in [0.15, 0.2) is 31.0 Å². The van der Waals surface area contributed by atoms with Crippen LogP contribution in [0.5, 0.6) is 0 Å². The number of hydrogen-bond acceptors (Lipinski definition) is 6. The maximum Gasteiger partial charge on any atom is 0.279 e. The van der Waals surface area contributed by atoms with E-state index in [1.807, 2.05) is 23.1 Å². The van der Waals surface area contributed by atoms with E-state index in [9.17, 15) is 13.7 Å². The lowest BCUT2D eigenvalue weighted by Gasteiger charge is -2.30. The Morgan fingerprint density at radius 3 is 2.69 bits per heavy atom. The normalized spacial score (nSPS) is 27.9. The van der Waals surface area contributed by atoms with Crippen molar-refractivity contribution in [3.63, 3.8) is 0 Å². The summed E-state index contributed by atoms with van der Waals surface area (Å²) in [6, 6.07) is 4.38. The molecular weight excluding hydrogens is 464 g/mol. The molecule has 3 aliphatic rings. The molecule has 0 amide bonds. The highest BCUT2D eigenvalue weighted by atomic mass is 32.2. The molecule has 184 valence electrons. The molecular formula is C24H30N8O2S. The molecule has 0 spiro atoms. The Morgan fingerprint density at radius 2 is 1.94 bits per heavy atom. The van der Waals surface area contributed by atoms with Crippen molar-refractivity contribution in [2.24, 2.45) is 11.8 Å². The van der Waals surface area contributed by atoms with Crippen molar-refractivity contribution < 1.29 is 8.42 Å². The number of rotatable bonds is 6. The van der Waals surface area contributed by atoms with E-state index in [0.29, 0.717) is 19.5 Å². The van der Waals surface area contributed by atoms with Crippen molar-refractivity contribution in [2.75, 3.05) is 13.1 Å². The van der Waals surface area contributed by atoms with Crippen molar-refractivity contribution in [1.29, 1.82) is 5.26 Å². The molecule has 2 N–H and O–H groups in total. The number of hydrogen-bond donors (Lipinski definition) is 2. The molecule has 11 heteroatoms. The lowest BCUT2D eigenvalue weighted by molar-refractivity contribution is 0.239. The Kier molecular flexibility index (Phi) is 5.62. The fraction of sp³-hybridized carbons (Fsp3) is 0.583. The highest BCUT2D eigenvalue weighted by Gasteiger charge is 2.52. The van der Waals surface area contributed by atoms with Gasteiger partial charge in [0.1, 0.15) is 12.0 Å². The van der Waals surface area contributed by atoms with Gasteiger partial charge < -0.3 is 4.98 Å². The first kappa shape index (κ1) is 22.6. The maximum absolute atomic E-state index is 13.1. The second kappa shape index (κ2) is 8.69. The molecule has 4 heterocycles. The van der Waals surface area contributed by atoms with Gasteiger partial charge in [0.25, 0.3) is 10.2 Å². The van der Waals surface area contributed by atoms with Crippen LogP contribution in [0.3, 0.4) is 0 Å². The molecule has 2 saturated carbocycles. The molecule has 3 aromatic rings. The average Bonchev–Trinajstić information content (AvgIpc) is 3.62. The summed E-state index contributed by atoms with van der Waals surface area (Å²) in [5, 5.41) is 15.3. The molecule has 1 saturated heterocycles. The predicted molar refractivity (Wildman–Crippen MR) is 130 cm³/mol. The number of aromatic nitrogens is 5. The Hall–Kier alpha value is -2.81. The van der Waals surface area contributed by atoms with Gasteiger partial charge in [0.2, 0.25) is 0 Å². The Balaban J connectivity index is 1.21. The van der Waals surface area contributed by atoms with Gasteiger partial charge in [0.15, 0.2) is 0 Å². The molecule has 0 bridgehead atoms. The minimum Gasteiger partial charge on any atom is -0.346 e. The van der Waals surface area contributed by atoms with E-state index >= 15 is 0 Å². The van der Waals surface area contributed by atoms with Crippen LogP contribution in [-0.4, -0.2) is 56.6 Å². The van der Waals surface area contributed by atoms with Crippen LogP contribution in [-0.2, 0) is 15.7 Å². The van der Waals surface area contributed by atoms with E-state index in [2.05, 4.69) is 30.8 Å². The van der Waals surface area contributed by atoms with Crippen LogP contribution in [0.1, 0.15) is 51.4 Å². The van der Waals surface area contributed by atoms with Crippen molar-refractivity contribution >= 4 is 21.2 Å². The van der Waals surface area contributed by atoms with Gasteiger partial charge in [-0.15, -0.1) is 0 Å². The summed E-state index contributed by atoms with van der Waals surface area (Å²) in [6.45, 7) is 1.01. The lowest BCUT2D eigenvalue weighted by atomic mass is 9.92. The number of aromatic amines is 1. The van der Waals surface area contributed by atoms with Gasteiger partial charge in [0.05, 0.1) is 29.9 Å². The highest BCUT2D eigenvalue weighted by Crippen LogP contribution is 2.50. The smallest absolute Gasteiger partial charge is 0.279 e. The van der Waals surface area contributed by atoms with E-state index in [-0.39, 0.29) is 17.9 Å². The number of fused-ring (bicyclic) bond motifs is 2. The molecule has 35 heavy (non-hydrogen) atoms. The Bertz CT molecular complexity index is 1350. The minimum atomic E-state index is -3.48. The van der Waals surface area contributed by atoms with E-state index in [1.165, 1.54) is 12.7 Å². The summed E-state index contributed by atoms with van der Waals surface area (Å²) in [7, 11) is -3.48. The zero-order valence-corrected chi connectivity index (χ0v) is 20.4.